The summed E-state index contributed by atoms with van der Waals surface area (Å²) in [5.74, 6) is 0.624. The number of ether oxygens (including phenoxy) is 2. The zero-order valence-electron chi connectivity index (χ0n) is 22.3. The molecular weight excluding hydrogens is 467 g/mol. The number of carbonyl (C=O) groups is 1. The molecule has 0 bridgehead atoms. The van der Waals surface area contributed by atoms with Crippen molar-refractivity contribution >= 4 is 21.6 Å². The van der Waals surface area contributed by atoms with E-state index >= 15 is 0 Å². The van der Waals surface area contributed by atoms with E-state index in [0.29, 0.717) is 38.8 Å². The van der Waals surface area contributed by atoms with E-state index in [-0.39, 0.29) is 5.97 Å². The van der Waals surface area contributed by atoms with Gasteiger partial charge in [-0.05, 0) is 58.1 Å². The average molecular weight is 511 g/mol. The van der Waals surface area contributed by atoms with E-state index in [1.807, 2.05) is 27.7 Å². The lowest BCUT2D eigenvalue weighted by atomic mass is 9.88. The Morgan fingerprint density at radius 1 is 1.15 bits per heavy atom. The van der Waals surface area contributed by atoms with Crippen molar-refractivity contribution in [3.63, 3.8) is 0 Å². The van der Waals surface area contributed by atoms with Gasteiger partial charge < -0.3 is 18.5 Å². The van der Waals surface area contributed by atoms with Gasteiger partial charge in [0.2, 0.25) is 0 Å². The molecule has 0 aromatic heterocycles. The Hall–Kier alpha value is -1.40. The second-order valence-electron chi connectivity index (χ2n) is 10.1. The molecule has 0 aliphatic carbocycles. The fraction of sp³-hybridized carbons (Fsp3) is 0.654. The summed E-state index contributed by atoms with van der Waals surface area (Å²) in [5.41, 5.74) is 5.92. The van der Waals surface area contributed by atoms with E-state index < -0.39 is 15.7 Å². The maximum Gasteiger partial charge on any atom is 0.339 e. The van der Waals surface area contributed by atoms with Crippen LogP contribution in [0.4, 0.5) is 0 Å². The molecule has 1 aromatic rings. The van der Waals surface area contributed by atoms with E-state index in [0.717, 1.165) is 52.0 Å². The average Bonchev–Trinajstić information content (AvgIpc) is 3.14. The number of rotatable bonds is 14. The molecule has 1 aliphatic heterocycles. The van der Waals surface area contributed by atoms with Crippen LogP contribution in [0.2, 0.25) is 25.7 Å². The molecule has 6 nitrogen and oxygen atoms in total. The summed E-state index contributed by atoms with van der Waals surface area (Å²) in [6, 6.07) is 1.20. The summed E-state index contributed by atoms with van der Waals surface area (Å²) in [7, 11) is -2.57. The minimum atomic E-state index is -3.07. The summed E-state index contributed by atoms with van der Waals surface area (Å²) in [4.78, 5) is 12.7. The number of hydrogen-bond donors (Lipinski definition) is 0. The lowest BCUT2D eigenvalue weighted by Crippen LogP contribution is -2.19. The number of allylic oxidation sites excluding steroid dienone is 2. The standard InChI is InChI=1S/C26H43O6PSi/c1-9-31-33(28,32-10-2)16-15-19(3)13-14-22-21(12-11-17-34(6,7)8)24-23(18-30-26(24)27)20(4)25(22)29-5/h13H,9-12,14-18H2,1-8H3/b19-13+. The van der Waals surface area contributed by atoms with E-state index in [1.165, 1.54) is 6.04 Å². The summed E-state index contributed by atoms with van der Waals surface area (Å²) < 4.78 is 35.0. The second kappa shape index (κ2) is 12.5. The Balaban J connectivity index is 2.35. The molecule has 1 heterocycles. The quantitative estimate of drug-likeness (QED) is 0.115. The lowest BCUT2D eigenvalue weighted by molar-refractivity contribution is 0.0534. The van der Waals surface area contributed by atoms with Crippen LogP contribution in [0.25, 0.3) is 0 Å². The minimum absolute atomic E-state index is 0.222. The van der Waals surface area contributed by atoms with Crippen molar-refractivity contribution in [1.82, 2.24) is 0 Å². The van der Waals surface area contributed by atoms with Crippen LogP contribution in [0, 0.1) is 6.92 Å². The summed E-state index contributed by atoms with van der Waals surface area (Å²) in [6.45, 7) is 15.9. The molecule has 1 aromatic carbocycles. The monoisotopic (exact) mass is 510 g/mol. The summed E-state index contributed by atoms with van der Waals surface area (Å²) in [6.07, 6.45) is 5.65. The Morgan fingerprint density at radius 2 is 1.79 bits per heavy atom. The van der Waals surface area contributed by atoms with Crippen LogP contribution in [-0.4, -0.2) is 40.5 Å². The van der Waals surface area contributed by atoms with E-state index in [4.69, 9.17) is 18.5 Å². The van der Waals surface area contributed by atoms with Gasteiger partial charge in [0.25, 0.3) is 0 Å². The second-order valence-corrected chi connectivity index (χ2v) is 17.9. The fourth-order valence-corrected chi connectivity index (χ4v) is 7.46. The van der Waals surface area contributed by atoms with Gasteiger partial charge in [0.15, 0.2) is 0 Å². The number of hydrogen-bond acceptors (Lipinski definition) is 6. The zero-order valence-corrected chi connectivity index (χ0v) is 24.2. The number of fused-ring (bicyclic) bond motifs is 1. The SMILES string of the molecule is CCOP(=O)(CC/C(C)=C/Cc1c(CCC[Si](C)(C)C)c2c(c(C)c1OC)COC2=O)OCC. The van der Waals surface area contributed by atoms with Gasteiger partial charge in [0.1, 0.15) is 12.4 Å². The largest absolute Gasteiger partial charge is 0.496 e. The molecule has 192 valence electrons. The number of benzene rings is 1. The first-order chi connectivity index (χ1) is 16.0. The predicted octanol–water partition coefficient (Wildman–Crippen LogP) is 7.09. The van der Waals surface area contributed by atoms with Gasteiger partial charge in [0.05, 0.1) is 32.0 Å². The normalized spacial score (nSPS) is 14.4. The van der Waals surface area contributed by atoms with Crippen molar-refractivity contribution in [3.8, 4) is 5.75 Å². The highest BCUT2D eigenvalue weighted by molar-refractivity contribution is 7.53. The molecule has 34 heavy (non-hydrogen) atoms. The van der Waals surface area contributed by atoms with Gasteiger partial charge in [-0.3, -0.25) is 4.57 Å². The van der Waals surface area contributed by atoms with Crippen LogP contribution in [0.15, 0.2) is 11.6 Å². The maximum absolute atomic E-state index is 12.8. The summed E-state index contributed by atoms with van der Waals surface area (Å²) >= 11 is 0. The van der Waals surface area contributed by atoms with Gasteiger partial charge in [-0.1, -0.05) is 43.8 Å². The molecule has 0 spiro atoms. The van der Waals surface area contributed by atoms with Crippen molar-refractivity contribution in [2.45, 2.75) is 85.7 Å². The third-order valence-corrected chi connectivity index (χ3v) is 10.2. The Labute approximate surface area is 206 Å². The molecule has 0 N–H and O–H groups in total. The maximum atomic E-state index is 12.8. The molecule has 0 amide bonds. The first-order valence-corrected chi connectivity index (χ1v) is 17.8. The van der Waals surface area contributed by atoms with Crippen LogP contribution >= 0.6 is 7.60 Å². The van der Waals surface area contributed by atoms with Crippen molar-refractivity contribution in [3.05, 3.63) is 39.5 Å². The Morgan fingerprint density at radius 3 is 2.35 bits per heavy atom. The van der Waals surface area contributed by atoms with E-state index in [9.17, 15) is 9.36 Å². The Kier molecular flexibility index (Phi) is 10.6. The van der Waals surface area contributed by atoms with Crippen LogP contribution in [0.5, 0.6) is 5.75 Å². The molecule has 0 atom stereocenters. The van der Waals surface area contributed by atoms with Crippen molar-refractivity contribution in [2.24, 2.45) is 0 Å². The molecular formula is C26H43O6PSi. The van der Waals surface area contributed by atoms with E-state index in [1.54, 1.807) is 7.11 Å². The molecule has 8 heteroatoms. The van der Waals surface area contributed by atoms with Gasteiger partial charge in [-0.2, -0.15) is 0 Å². The van der Waals surface area contributed by atoms with Crippen LogP contribution in [0.3, 0.4) is 0 Å². The van der Waals surface area contributed by atoms with Gasteiger partial charge in [-0.25, -0.2) is 4.79 Å². The predicted molar refractivity (Wildman–Crippen MR) is 141 cm³/mol. The number of carbonyl (C=O) groups excluding carboxylic acids is 1. The lowest BCUT2D eigenvalue weighted by Gasteiger charge is -2.21. The van der Waals surface area contributed by atoms with Gasteiger partial charge in [-0.15, -0.1) is 0 Å². The molecule has 0 unspecified atom stereocenters. The molecule has 2 rings (SSSR count). The Bertz CT molecular complexity index is 938. The zero-order chi connectivity index (χ0) is 25.5. The van der Waals surface area contributed by atoms with Gasteiger partial charge >= 0.3 is 13.6 Å². The van der Waals surface area contributed by atoms with Crippen LogP contribution in [0.1, 0.15) is 66.2 Å². The highest BCUT2D eigenvalue weighted by Crippen LogP contribution is 2.49. The number of cyclic esters (lactones) is 1. The first-order valence-electron chi connectivity index (χ1n) is 12.4. The number of methoxy groups -OCH3 is 1. The third kappa shape index (κ3) is 7.55. The smallest absolute Gasteiger partial charge is 0.339 e. The topological polar surface area (TPSA) is 71.1 Å². The molecule has 0 fully saturated rings. The fourth-order valence-electron chi connectivity index (χ4n) is 4.47. The molecule has 0 radical (unpaired) electrons. The first kappa shape index (κ1) is 28.8. The van der Waals surface area contributed by atoms with Crippen LogP contribution in [-0.2, 0) is 37.8 Å². The van der Waals surface area contributed by atoms with Crippen molar-refractivity contribution in [2.75, 3.05) is 26.5 Å². The number of esters is 1. The minimum Gasteiger partial charge on any atom is -0.496 e. The molecule has 0 saturated carbocycles. The van der Waals surface area contributed by atoms with Gasteiger partial charge in [0, 0.05) is 19.2 Å². The van der Waals surface area contributed by atoms with Crippen molar-refractivity contribution in [1.29, 1.82) is 0 Å². The third-order valence-electron chi connectivity index (χ3n) is 6.23. The summed E-state index contributed by atoms with van der Waals surface area (Å²) in [5, 5.41) is 0. The highest BCUT2D eigenvalue weighted by atomic mass is 31.2. The molecule has 0 saturated heterocycles. The van der Waals surface area contributed by atoms with Crippen LogP contribution < -0.4 is 4.74 Å². The van der Waals surface area contributed by atoms with Crippen molar-refractivity contribution < 1.29 is 27.9 Å². The highest BCUT2D eigenvalue weighted by Gasteiger charge is 2.31. The molecule has 1 aliphatic rings. The van der Waals surface area contributed by atoms with E-state index in [2.05, 4.69) is 25.7 Å².